The molecule has 1 aromatic heterocycles. The number of nitrogens with zero attached hydrogens (tertiary/aromatic N) is 1. The van der Waals surface area contributed by atoms with Gasteiger partial charge in [0, 0.05) is 29.9 Å². The van der Waals surface area contributed by atoms with Crippen LogP contribution in [0.5, 0.6) is 0 Å². The van der Waals surface area contributed by atoms with Gasteiger partial charge in [-0.1, -0.05) is 13.3 Å². The molecule has 2 aliphatic rings. The largest absolute Gasteiger partial charge is 0.312 e. The highest BCUT2D eigenvalue weighted by molar-refractivity contribution is 7.89. The number of nitrogens with one attached hydrogen (secondary N) is 1. The summed E-state index contributed by atoms with van der Waals surface area (Å²) in [7, 11) is -3.27. The van der Waals surface area contributed by atoms with Crippen molar-refractivity contribution >= 4 is 21.4 Å². The Morgan fingerprint density at radius 3 is 2.70 bits per heavy atom. The molecule has 112 valence electrons. The van der Waals surface area contributed by atoms with Gasteiger partial charge < -0.3 is 5.32 Å². The lowest BCUT2D eigenvalue weighted by atomic mass is 10.0. The third kappa shape index (κ3) is 2.66. The minimum absolute atomic E-state index is 0.482. The van der Waals surface area contributed by atoms with E-state index in [1.54, 1.807) is 9.69 Å². The molecule has 2 heterocycles. The summed E-state index contributed by atoms with van der Waals surface area (Å²) in [4.78, 5) is 1.57. The van der Waals surface area contributed by atoms with Crippen LogP contribution in [0.2, 0.25) is 0 Å². The Hall–Kier alpha value is -0.430. The quantitative estimate of drug-likeness (QED) is 0.907. The maximum atomic E-state index is 12.7. The predicted molar refractivity (Wildman–Crippen MR) is 81.3 cm³/mol. The molecular weight excluding hydrogens is 292 g/mol. The highest BCUT2D eigenvalue weighted by Gasteiger charge is 2.41. The van der Waals surface area contributed by atoms with E-state index in [1.807, 2.05) is 13.0 Å². The van der Waals surface area contributed by atoms with Crippen LogP contribution in [0.4, 0.5) is 0 Å². The first kappa shape index (κ1) is 14.5. The molecule has 1 saturated carbocycles. The molecule has 20 heavy (non-hydrogen) atoms. The molecule has 1 aromatic rings. The van der Waals surface area contributed by atoms with E-state index in [0.29, 0.717) is 16.7 Å². The maximum absolute atomic E-state index is 12.7. The Balaban J connectivity index is 1.73. The van der Waals surface area contributed by atoms with Gasteiger partial charge in [-0.3, -0.25) is 0 Å². The lowest BCUT2D eigenvalue weighted by molar-refractivity contribution is 0.445. The van der Waals surface area contributed by atoms with Crippen molar-refractivity contribution in [1.82, 2.24) is 9.62 Å². The number of hydrogen-bond donors (Lipinski definition) is 1. The van der Waals surface area contributed by atoms with Crippen LogP contribution in [-0.2, 0) is 16.6 Å². The minimum atomic E-state index is -3.27. The van der Waals surface area contributed by atoms with Gasteiger partial charge >= 0.3 is 0 Å². The summed E-state index contributed by atoms with van der Waals surface area (Å²) in [5, 5.41) is 5.02. The van der Waals surface area contributed by atoms with Crippen LogP contribution in [-0.4, -0.2) is 32.4 Å². The lowest BCUT2D eigenvalue weighted by Gasteiger charge is -2.16. The van der Waals surface area contributed by atoms with Crippen molar-refractivity contribution < 1.29 is 8.42 Å². The van der Waals surface area contributed by atoms with Gasteiger partial charge in [-0.25, -0.2) is 8.42 Å². The zero-order valence-corrected chi connectivity index (χ0v) is 13.5. The molecule has 1 N–H and O–H groups in total. The molecule has 6 heteroatoms. The van der Waals surface area contributed by atoms with E-state index in [0.717, 1.165) is 31.1 Å². The molecule has 1 aliphatic heterocycles. The van der Waals surface area contributed by atoms with Crippen molar-refractivity contribution in [3.63, 3.8) is 0 Å². The zero-order valence-electron chi connectivity index (χ0n) is 11.8. The molecule has 0 amide bonds. The van der Waals surface area contributed by atoms with Gasteiger partial charge in [0.1, 0.15) is 0 Å². The Morgan fingerprint density at radius 1 is 1.35 bits per heavy atom. The van der Waals surface area contributed by atoms with Gasteiger partial charge in [0.25, 0.3) is 0 Å². The topological polar surface area (TPSA) is 49.4 Å². The summed E-state index contributed by atoms with van der Waals surface area (Å²) in [6.45, 7) is 5.16. The fourth-order valence-electron chi connectivity index (χ4n) is 3.37. The van der Waals surface area contributed by atoms with Crippen molar-refractivity contribution in [3.05, 3.63) is 16.3 Å². The normalized spacial score (nSPS) is 27.1. The number of fused-ring (bicyclic) bond motifs is 1. The van der Waals surface area contributed by atoms with Gasteiger partial charge in [0.05, 0.1) is 4.90 Å². The SMILES string of the molecule is CCNCc1cc(S(=O)(=O)N2CC3CCCC3C2)cs1. The summed E-state index contributed by atoms with van der Waals surface area (Å²) in [5.41, 5.74) is 0. The van der Waals surface area contributed by atoms with Gasteiger partial charge in [0.2, 0.25) is 10.0 Å². The molecule has 2 unspecified atom stereocenters. The molecule has 0 radical (unpaired) electrons. The van der Waals surface area contributed by atoms with Gasteiger partial charge in [-0.15, -0.1) is 11.3 Å². The first-order chi connectivity index (χ1) is 9.61. The molecule has 1 aliphatic carbocycles. The van der Waals surface area contributed by atoms with Crippen LogP contribution in [0.3, 0.4) is 0 Å². The second-order valence-corrected chi connectivity index (χ2v) is 8.74. The van der Waals surface area contributed by atoms with Crippen molar-refractivity contribution in [2.24, 2.45) is 11.8 Å². The van der Waals surface area contributed by atoms with E-state index in [2.05, 4.69) is 5.32 Å². The molecule has 0 aromatic carbocycles. The van der Waals surface area contributed by atoms with E-state index < -0.39 is 10.0 Å². The summed E-state index contributed by atoms with van der Waals surface area (Å²) in [6.07, 6.45) is 3.67. The molecule has 2 fully saturated rings. The smallest absolute Gasteiger partial charge is 0.243 e. The van der Waals surface area contributed by atoms with Gasteiger partial charge in [-0.05, 0) is 37.3 Å². The first-order valence-corrected chi connectivity index (χ1v) is 9.71. The third-order valence-corrected chi connectivity index (χ3v) is 7.40. The third-order valence-electron chi connectivity index (χ3n) is 4.51. The zero-order chi connectivity index (χ0) is 14.2. The van der Waals surface area contributed by atoms with E-state index in [9.17, 15) is 8.42 Å². The van der Waals surface area contributed by atoms with Crippen LogP contribution < -0.4 is 5.32 Å². The van der Waals surface area contributed by atoms with Crippen molar-refractivity contribution in [2.45, 2.75) is 37.6 Å². The fraction of sp³-hybridized carbons (Fsp3) is 0.714. The van der Waals surface area contributed by atoms with Crippen LogP contribution in [0.15, 0.2) is 16.3 Å². The monoisotopic (exact) mass is 314 g/mol. The number of rotatable bonds is 5. The van der Waals surface area contributed by atoms with E-state index in [4.69, 9.17) is 0 Å². The standard InChI is InChI=1S/C14H22N2O2S2/c1-2-15-7-13-6-14(10-19-13)20(17,18)16-8-11-4-3-5-12(11)9-16/h6,10-12,15H,2-5,7-9H2,1H3. The van der Waals surface area contributed by atoms with Gasteiger partial charge in [-0.2, -0.15) is 4.31 Å². The summed E-state index contributed by atoms with van der Waals surface area (Å²) < 4.78 is 27.0. The molecule has 2 atom stereocenters. The van der Waals surface area contributed by atoms with Gasteiger partial charge in [0.15, 0.2) is 0 Å². The van der Waals surface area contributed by atoms with E-state index >= 15 is 0 Å². The molecule has 0 spiro atoms. The van der Waals surface area contributed by atoms with Crippen LogP contribution in [0.1, 0.15) is 31.1 Å². The highest BCUT2D eigenvalue weighted by Crippen LogP contribution is 2.40. The second-order valence-electron chi connectivity index (χ2n) is 5.80. The summed E-state index contributed by atoms with van der Waals surface area (Å²) in [6, 6.07) is 1.83. The average Bonchev–Trinajstić information content (AvgIpc) is 3.10. The van der Waals surface area contributed by atoms with Crippen molar-refractivity contribution in [3.8, 4) is 0 Å². The number of sulfonamides is 1. The summed E-state index contributed by atoms with van der Waals surface area (Å²) in [5.74, 6) is 1.20. The number of thiophene rings is 1. The van der Waals surface area contributed by atoms with E-state index in [1.165, 1.54) is 30.6 Å². The molecule has 0 bridgehead atoms. The Kier molecular flexibility index (Phi) is 4.17. The highest BCUT2D eigenvalue weighted by atomic mass is 32.2. The van der Waals surface area contributed by atoms with E-state index in [-0.39, 0.29) is 0 Å². The average molecular weight is 314 g/mol. The lowest BCUT2D eigenvalue weighted by Crippen LogP contribution is -2.29. The summed E-state index contributed by atoms with van der Waals surface area (Å²) >= 11 is 1.53. The Labute approximate surface area is 125 Å². The molecule has 3 rings (SSSR count). The Morgan fingerprint density at radius 2 is 2.05 bits per heavy atom. The predicted octanol–water partition coefficient (Wildman–Crippen LogP) is 2.28. The van der Waals surface area contributed by atoms with Crippen LogP contribution in [0.25, 0.3) is 0 Å². The Bertz CT molecular complexity index is 555. The fourth-order valence-corrected chi connectivity index (χ4v) is 6.16. The maximum Gasteiger partial charge on any atom is 0.243 e. The minimum Gasteiger partial charge on any atom is -0.312 e. The van der Waals surface area contributed by atoms with Crippen molar-refractivity contribution in [1.29, 1.82) is 0 Å². The number of hydrogen-bond acceptors (Lipinski definition) is 4. The molecular formula is C14H22N2O2S2. The molecule has 1 saturated heterocycles. The van der Waals surface area contributed by atoms with Crippen LogP contribution >= 0.6 is 11.3 Å². The first-order valence-electron chi connectivity index (χ1n) is 7.39. The second kappa shape index (κ2) is 5.75. The molecule has 4 nitrogen and oxygen atoms in total. The van der Waals surface area contributed by atoms with Crippen LogP contribution in [0, 0.1) is 11.8 Å². The van der Waals surface area contributed by atoms with Crippen molar-refractivity contribution in [2.75, 3.05) is 19.6 Å².